The molecule has 1 fully saturated rings. The lowest BCUT2D eigenvalue weighted by molar-refractivity contribution is -0.125. The molecule has 8 heteroatoms. The lowest BCUT2D eigenvalue weighted by atomic mass is 9.97. The molecule has 0 radical (unpaired) electrons. The van der Waals surface area contributed by atoms with Crippen molar-refractivity contribution in [3.63, 3.8) is 0 Å². The van der Waals surface area contributed by atoms with Crippen LogP contribution in [0.2, 0.25) is 0 Å². The van der Waals surface area contributed by atoms with Crippen molar-refractivity contribution in [2.75, 3.05) is 38.3 Å². The predicted octanol–water partition coefficient (Wildman–Crippen LogP) is 3.76. The summed E-state index contributed by atoms with van der Waals surface area (Å²) in [7, 11) is 1.67. The maximum Gasteiger partial charge on any atom is 0.224 e. The van der Waals surface area contributed by atoms with Crippen LogP contribution in [0.4, 0.5) is 5.82 Å². The van der Waals surface area contributed by atoms with Gasteiger partial charge in [-0.25, -0.2) is 0 Å². The zero-order valence-electron chi connectivity index (χ0n) is 15.9. The third-order valence-corrected chi connectivity index (χ3v) is 6.07. The van der Waals surface area contributed by atoms with Gasteiger partial charge in [0.05, 0.1) is 5.92 Å². The van der Waals surface area contributed by atoms with E-state index in [0.717, 1.165) is 46.0 Å². The molecule has 2 heterocycles. The first-order chi connectivity index (χ1) is 13.7. The van der Waals surface area contributed by atoms with Gasteiger partial charge in [-0.05, 0) is 55.7 Å². The first-order valence-corrected chi connectivity index (χ1v) is 11.1. The Morgan fingerprint density at radius 2 is 2.11 bits per heavy atom. The van der Waals surface area contributed by atoms with Gasteiger partial charge in [-0.15, -0.1) is 10.2 Å². The second-order valence-electron chi connectivity index (χ2n) is 6.71. The highest BCUT2D eigenvalue weighted by molar-refractivity contribution is 9.10. The first kappa shape index (κ1) is 21.1. The molecular weight excluding hydrogens is 440 g/mol. The van der Waals surface area contributed by atoms with E-state index in [-0.39, 0.29) is 11.8 Å². The quantitative estimate of drug-likeness (QED) is 0.599. The van der Waals surface area contributed by atoms with Crippen molar-refractivity contribution >= 4 is 39.4 Å². The smallest absolute Gasteiger partial charge is 0.224 e. The summed E-state index contributed by atoms with van der Waals surface area (Å²) in [6, 6.07) is 12.1. The van der Waals surface area contributed by atoms with Gasteiger partial charge in [0.15, 0.2) is 5.82 Å². The van der Waals surface area contributed by atoms with E-state index in [1.54, 1.807) is 18.9 Å². The van der Waals surface area contributed by atoms with Gasteiger partial charge in [0.1, 0.15) is 5.03 Å². The SMILES string of the molecule is COCCCNC(=O)[C@H]1CCCN(c2ccc(Sc3ccc(Br)cc3)nn2)C1. The number of methoxy groups -OCH3 is 1. The second kappa shape index (κ2) is 10.8. The Labute approximate surface area is 178 Å². The highest BCUT2D eigenvalue weighted by Gasteiger charge is 2.26. The molecule has 0 bridgehead atoms. The maximum atomic E-state index is 12.4. The van der Waals surface area contributed by atoms with Gasteiger partial charge in [-0.3, -0.25) is 4.79 Å². The lowest BCUT2D eigenvalue weighted by Crippen LogP contribution is -2.43. The molecule has 0 spiro atoms. The standard InChI is InChI=1S/C20H25BrN4O2S/c1-27-13-3-11-22-20(26)15-4-2-12-25(14-15)18-9-10-19(24-23-18)28-17-7-5-16(21)6-8-17/h5-10,15H,2-4,11-14H2,1H3,(H,22,26)/t15-/m0/s1. The van der Waals surface area contributed by atoms with Crippen LogP contribution in [-0.2, 0) is 9.53 Å². The molecule has 1 amide bonds. The van der Waals surface area contributed by atoms with Gasteiger partial charge in [-0.2, -0.15) is 0 Å². The number of anilines is 1. The lowest BCUT2D eigenvalue weighted by Gasteiger charge is -2.32. The summed E-state index contributed by atoms with van der Waals surface area (Å²) in [6.45, 7) is 2.91. The number of rotatable bonds is 8. The molecular formula is C20H25BrN4O2S. The molecule has 6 nitrogen and oxygen atoms in total. The Kier molecular flexibility index (Phi) is 8.12. The van der Waals surface area contributed by atoms with Crippen molar-refractivity contribution in [1.82, 2.24) is 15.5 Å². The Balaban J connectivity index is 1.54. The number of carbonyl (C=O) groups is 1. The van der Waals surface area contributed by atoms with E-state index >= 15 is 0 Å². The largest absolute Gasteiger partial charge is 0.385 e. The summed E-state index contributed by atoms with van der Waals surface area (Å²) < 4.78 is 6.07. The van der Waals surface area contributed by atoms with Crippen molar-refractivity contribution in [1.29, 1.82) is 0 Å². The van der Waals surface area contributed by atoms with Crippen LogP contribution in [0.25, 0.3) is 0 Å². The van der Waals surface area contributed by atoms with Crippen LogP contribution in [0.1, 0.15) is 19.3 Å². The van der Waals surface area contributed by atoms with Crippen LogP contribution in [0.3, 0.4) is 0 Å². The summed E-state index contributed by atoms with van der Waals surface area (Å²) >= 11 is 5.03. The van der Waals surface area contributed by atoms with Crippen molar-refractivity contribution in [2.24, 2.45) is 5.92 Å². The van der Waals surface area contributed by atoms with Crippen molar-refractivity contribution in [2.45, 2.75) is 29.2 Å². The molecule has 1 N–H and O–H groups in total. The molecule has 1 atom stereocenters. The van der Waals surface area contributed by atoms with Gasteiger partial charge < -0.3 is 15.0 Å². The number of carbonyl (C=O) groups excluding carboxylic acids is 1. The predicted molar refractivity (Wildman–Crippen MR) is 115 cm³/mol. The maximum absolute atomic E-state index is 12.4. The fraction of sp³-hybridized carbons (Fsp3) is 0.450. The molecule has 1 aromatic heterocycles. The number of nitrogens with one attached hydrogen (secondary N) is 1. The van der Waals surface area contributed by atoms with Crippen LogP contribution in [0.15, 0.2) is 50.8 Å². The van der Waals surface area contributed by atoms with E-state index in [9.17, 15) is 4.79 Å². The molecule has 0 aliphatic carbocycles. The van der Waals surface area contributed by atoms with Gasteiger partial charge in [0, 0.05) is 42.7 Å². The summed E-state index contributed by atoms with van der Waals surface area (Å²) in [5, 5.41) is 12.6. The van der Waals surface area contributed by atoms with E-state index in [4.69, 9.17) is 4.74 Å². The summed E-state index contributed by atoms with van der Waals surface area (Å²) in [5.74, 6) is 0.947. The van der Waals surface area contributed by atoms with Crippen LogP contribution < -0.4 is 10.2 Å². The second-order valence-corrected chi connectivity index (χ2v) is 8.72. The fourth-order valence-corrected chi connectivity index (χ4v) is 4.13. The molecule has 1 aliphatic heterocycles. The molecule has 3 rings (SSSR count). The zero-order chi connectivity index (χ0) is 19.8. The molecule has 0 saturated carbocycles. The van der Waals surface area contributed by atoms with Crippen molar-refractivity contribution in [3.8, 4) is 0 Å². The average molecular weight is 465 g/mol. The third kappa shape index (κ3) is 6.18. The first-order valence-electron chi connectivity index (χ1n) is 9.44. The minimum Gasteiger partial charge on any atom is -0.385 e. The van der Waals surface area contributed by atoms with Gasteiger partial charge >= 0.3 is 0 Å². The number of ether oxygens (including phenoxy) is 1. The Hall–Kier alpha value is -1.64. The molecule has 2 aromatic rings. The number of aromatic nitrogens is 2. The van der Waals surface area contributed by atoms with Crippen molar-refractivity contribution < 1.29 is 9.53 Å². The summed E-state index contributed by atoms with van der Waals surface area (Å²) in [5.41, 5.74) is 0. The van der Waals surface area contributed by atoms with Crippen LogP contribution >= 0.6 is 27.7 Å². The summed E-state index contributed by atoms with van der Waals surface area (Å²) in [6.07, 6.45) is 2.73. The number of halogens is 1. The molecule has 28 heavy (non-hydrogen) atoms. The highest BCUT2D eigenvalue weighted by Crippen LogP contribution is 2.28. The highest BCUT2D eigenvalue weighted by atomic mass is 79.9. The van der Waals surface area contributed by atoms with Gasteiger partial charge in [0.25, 0.3) is 0 Å². The number of hydrogen-bond acceptors (Lipinski definition) is 6. The van der Waals surface area contributed by atoms with Crippen molar-refractivity contribution in [3.05, 3.63) is 40.9 Å². The third-order valence-electron chi connectivity index (χ3n) is 4.60. The zero-order valence-corrected chi connectivity index (χ0v) is 18.3. The molecule has 1 saturated heterocycles. The number of amides is 1. The van der Waals surface area contributed by atoms with Gasteiger partial charge in [0.2, 0.25) is 5.91 Å². The molecule has 150 valence electrons. The molecule has 1 aromatic carbocycles. The van der Waals surface area contributed by atoms with E-state index in [1.807, 2.05) is 36.4 Å². The average Bonchev–Trinajstić information content (AvgIpc) is 2.73. The minimum atomic E-state index is -0.00471. The number of piperidine rings is 1. The Morgan fingerprint density at radius 3 is 2.82 bits per heavy atom. The Morgan fingerprint density at radius 1 is 1.29 bits per heavy atom. The van der Waals surface area contributed by atoms with Crippen LogP contribution in [0.5, 0.6) is 0 Å². The number of hydrogen-bond donors (Lipinski definition) is 1. The number of nitrogens with zero attached hydrogens (tertiary/aromatic N) is 3. The molecule has 1 aliphatic rings. The van der Waals surface area contributed by atoms with Crippen LogP contribution in [-0.4, -0.2) is 49.5 Å². The fourth-order valence-electron chi connectivity index (χ4n) is 3.13. The summed E-state index contributed by atoms with van der Waals surface area (Å²) in [4.78, 5) is 15.7. The van der Waals surface area contributed by atoms with Crippen LogP contribution in [0, 0.1) is 5.92 Å². The van der Waals surface area contributed by atoms with E-state index in [1.165, 1.54) is 0 Å². The Bertz CT molecular complexity index is 758. The normalized spacial score (nSPS) is 16.8. The molecule has 0 unspecified atom stereocenters. The minimum absolute atomic E-state index is 0.00471. The monoisotopic (exact) mass is 464 g/mol. The van der Waals surface area contributed by atoms with E-state index in [2.05, 4.69) is 36.3 Å². The van der Waals surface area contributed by atoms with Gasteiger partial charge in [-0.1, -0.05) is 27.7 Å². The topological polar surface area (TPSA) is 67.3 Å². The number of benzene rings is 1. The van der Waals surface area contributed by atoms with E-state index in [0.29, 0.717) is 19.7 Å². The van der Waals surface area contributed by atoms with E-state index < -0.39 is 0 Å².